The average Bonchev–Trinajstić information content (AvgIpc) is 2.21. The molecule has 0 saturated heterocycles. The van der Waals surface area contributed by atoms with Gasteiger partial charge in [0.2, 0.25) is 0 Å². The van der Waals surface area contributed by atoms with Crippen molar-refractivity contribution in [3.05, 3.63) is 0 Å². The Labute approximate surface area is 105 Å². The molecular weight excluding hydrogens is 238 g/mol. The maximum Gasteiger partial charge on any atom is 0.431 e. The van der Waals surface area contributed by atoms with E-state index in [0.717, 1.165) is 0 Å². The highest BCUT2D eigenvalue weighted by Gasteiger charge is 2.37. The molecule has 102 valence electrons. The maximum atomic E-state index is 10.7. The third-order valence-electron chi connectivity index (χ3n) is 3.13. The first kappa shape index (κ1) is 16.4. The van der Waals surface area contributed by atoms with Crippen molar-refractivity contribution < 1.29 is 19.2 Å². The van der Waals surface area contributed by atoms with Crippen LogP contribution in [0.15, 0.2) is 0 Å². The molecular formula is C11H25NO4Si. The van der Waals surface area contributed by atoms with Gasteiger partial charge in [0.1, 0.15) is 0 Å². The van der Waals surface area contributed by atoms with Crippen LogP contribution in [-0.4, -0.2) is 32.8 Å². The molecule has 0 heterocycles. The molecule has 1 atom stereocenters. The minimum atomic E-state index is -1.74. The summed E-state index contributed by atoms with van der Waals surface area (Å²) in [4.78, 5) is 10.7. The first-order chi connectivity index (χ1) is 7.60. The molecule has 17 heavy (non-hydrogen) atoms. The SMILES string of the molecule is C[C@H](COC(=O)NO)CO[Si](C)(C)C(C)(C)C. The summed E-state index contributed by atoms with van der Waals surface area (Å²) in [5.74, 6) is 0.112. The van der Waals surface area contributed by atoms with E-state index in [-0.39, 0.29) is 17.6 Å². The summed E-state index contributed by atoms with van der Waals surface area (Å²) in [6.07, 6.45) is -0.829. The molecule has 0 fully saturated rings. The van der Waals surface area contributed by atoms with Crippen LogP contribution in [0.25, 0.3) is 0 Å². The lowest BCUT2D eigenvalue weighted by Gasteiger charge is -2.36. The maximum absolute atomic E-state index is 10.7. The molecule has 0 rings (SSSR count). The van der Waals surface area contributed by atoms with E-state index in [1.807, 2.05) is 6.92 Å². The molecule has 0 aromatic heterocycles. The van der Waals surface area contributed by atoms with Gasteiger partial charge in [-0.3, -0.25) is 5.21 Å². The second kappa shape index (κ2) is 6.37. The highest BCUT2D eigenvalue weighted by Crippen LogP contribution is 2.36. The van der Waals surface area contributed by atoms with Crippen LogP contribution in [0.5, 0.6) is 0 Å². The second-order valence-corrected chi connectivity index (χ2v) is 10.7. The van der Waals surface area contributed by atoms with E-state index in [1.165, 1.54) is 5.48 Å². The molecule has 0 spiro atoms. The van der Waals surface area contributed by atoms with Gasteiger partial charge in [0, 0.05) is 12.5 Å². The van der Waals surface area contributed by atoms with Crippen LogP contribution in [0, 0.1) is 5.92 Å². The Bertz CT molecular complexity index is 250. The van der Waals surface area contributed by atoms with Crippen molar-refractivity contribution in [2.45, 2.75) is 45.8 Å². The molecule has 0 aromatic carbocycles. The monoisotopic (exact) mass is 263 g/mol. The lowest BCUT2D eigenvalue weighted by molar-refractivity contribution is 0.0709. The van der Waals surface area contributed by atoms with Crippen molar-refractivity contribution in [1.82, 2.24) is 5.48 Å². The Morgan fingerprint density at radius 3 is 2.29 bits per heavy atom. The van der Waals surface area contributed by atoms with Gasteiger partial charge in [-0.15, -0.1) is 0 Å². The number of ether oxygens (including phenoxy) is 1. The van der Waals surface area contributed by atoms with Crippen LogP contribution in [0.1, 0.15) is 27.7 Å². The van der Waals surface area contributed by atoms with E-state index in [4.69, 9.17) is 14.4 Å². The van der Waals surface area contributed by atoms with Gasteiger partial charge in [-0.05, 0) is 18.1 Å². The minimum absolute atomic E-state index is 0.112. The van der Waals surface area contributed by atoms with Crippen molar-refractivity contribution in [1.29, 1.82) is 0 Å². The molecule has 5 nitrogen and oxygen atoms in total. The normalized spacial score (nSPS) is 14.3. The Hall–Kier alpha value is -0.593. The molecule has 0 aromatic rings. The summed E-state index contributed by atoms with van der Waals surface area (Å²) in [6, 6.07) is 0. The summed E-state index contributed by atoms with van der Waals surface area (Å²) in [5, 5.41) is 8.44. The third kappa shape index (κ3) is 6.04. The van der Waals surface area contributed by atoms with E-state index >= 15 is 0 Å². The van der Waals surface area contributed by atoms with E-state index in [0.29, 0.717) is 6.61 Å². The molecule has 0 aliphatic carbocycles. The van der Waals surface area contributed by atoms with Crippen molar-refractivity contribution in [2.24, 2.45) is 5.92 Å². The highest BCUT2D eigenvalue weighted by atomic mass is 28.4. The molecule has 1 amide bonds. The average molecular weight is 263 g/mol. The fourth-order valence-electron chi connectivity index (χ4n) is 0.865. The predicted octanol–water partition coefficient (Wildman–Crippen LogP) is 2.76. The number of hydrogen-bond acceptors (Lipinski definition) is 4. The van der Waals surface area contributed by atoms with E-state index in [2.05, 4.69) is 33.9 Å². The summed E-state index contributed by atoms with van der Waals surface area (Å²) in [5.41, 5.74) is 1.42. The molecule has 2 N–H and O–H groups in total. The Morgan fingerprint density at radius 2 is 1.88 bits per heavy atom. The largest absolute Gasteiger partial charge is 0.448 e. The van der Waals surface area contributed by atoms with Crippen molar-refractivity contribution in [3.8, 4) is 0 Å². The van der Waals surface area contributed by atoms with Crippen LogP contribution >= 0.6 is 0 Å². The summed E-state index contributed by atoms with van der Waals surface area (Å²) >= 11 is 0. The second-order valence-electron chi connectivity index (χ2n) is 5.89. The van der Waals surface area contributed by atoms with Gasteiger partial charge in [-0.2, -0.15) is 0 Å². The number of carbonyl (C=O) groups is 1. The quantitative estimate of drug-likeness (QED) is 0.454. The van der Waals surface area contributed by atoms with Crippen LogP contribution in [0.4, 0.5) is 4.79 Å². The predicted molar refractivity (Wildman–Crippen MR) is 68.6 cm³/mol. The standard InChI is InChI=1S/C11H25NO4Si/c1-9(7-15-10(13)12-14)8-16-17(5,6)11(2,3)4/h9,14H,7-8H2,1-6H3,(H,12,13)/t9-/m1/s1. The number of hydroxylamine groups is 1. The highest BCUT2D eigenvalue weighted by molar-refractivity contribution is 6.74. The summed E-state index contributed by atoms with van der Waals surface area (Å²) in [7, 11) is -1.74. The molecule has 0 bridgehead atoms. The number of carbonyl (C=O) groups excluding carboxylic acids is 1. The Kier molecular flexibility index (Phi) is 6.15. The van der Waals surface area contributed by atoms with Crippen LogP contribution in [-0.2, 0) is 9.16 Å². The van der Waals surface area contributed by atoms with Gasteiger partial charge < -0.3 is 9.16 Å². The van der Waals surface area contributed by atoms with Gasteiger partial charge in [0.15, 0.2) is 8.32 Å². The molecule has 0 aliphatic rings. The minimum Gasteiger partial charge on any atom is -0.448 e. The van der Waals surface area contributed by atoms with Gasteiger partial charge in [-0.1, -0.05) is 27.7 Å². The number of nitrogens with one attached hydrogen (secondary N) is 1. The molecule has 0 saturated carbocycles. The zero-order valence-corrected chi connectivity index (χ0v) is 12.7. The van der Waals surface area contributed by atoms with Gasteiger partial charge in [0.25, 0.3) is 0 Å². The van der Waals surface area contributed by atoms with E-state index in [1.54, 1.807) is 0 Å². The first-order valence-electron chi connectivity index (χ1n) is 5.81. The van der Waals surface area contributed by atoms with E-state index in [9.17, 15) is 4.79 Å². The summed E-state index contributed by atoms with van der Waals surface area (Å²) < 4.78 is 10.7. The molecule has 0 aliphatic heterocycles. The number of rotatable bonds is 5. The Balaban J connectivity index is 4.00. The van der Waals surface area contributed by atoms with Crippen LogP contribution in [0.2, 0.25) is 18.1 Å². The van der Waals surface area contributed by atoms with Crippen molar-refractivity contribution in [3.63, 3.8) is 0 Å². The van der Waals surface area contributed by atoms with Crippen molar-refractivity contribution >= 4 is 14.4 Å². The summed E-state index contributed by atoms with van der Waals surface area (Å²) in [6.45, 7) is 13.6. The molecule has 6 heteroatoms. The number of hydrogen-bond donors (Lipinski definition) is 2. The smallest absolute Gasteiger partial charge is 0.431 e. The topological polar surface area (TPSA) is 67.8 Å². The Morgan fingerprint density at radius 1 is 1.35 bits per heavy atom. The fraction of sp³-hybridized carbons (Fsp3) is 0.909. The lowest BCUT2D eigenvalue weighted by atomic mass is 10.2. The first-order valence-corrected chi connectivity index (χ1v) is 8.72. The molecule has 0 radical (unpaired) electrons. The van der Waals surface area contributed by atoms with E-state index < -0.39 is 14.4 Å². The van der Waals surface area contributed by atoms with Crippen molar-refractivity contribution in [2.75, 3.05) is 13.2 Å². The third-order valence-corrected chi connectivity index (χ3v) is 7.63. The van der Waals surface area contributed by atoms with Crippen LogP contribution in [0.3, 0.4) is 0 Å². The molecule has 0 unspecified atom stereocenters. The fourth-order valence-corrected chi connectivity index (χ4v) is 2.00. The lowest BCUT2D eigenvalue weighted by Crippen LogP contribution is -2.42. The number of amides is 1. The van der Waals surface area contributed by atoms with Gasteiger partial charge in [-0.25, -0.2) is 10.3 Å². The van der Waals surface area contributed by atoms with Gasteiger partial charge >= 0.3 is 6.09 Å². The van der Waals surface area contributed by atoms with Crippen LogP contribution < -0.4 is 5.48 Å². The zero-order chi connectivity index (χ0) is 13.7. The van der Waals surface area contributed by atoms with Gasteiger partial charge in [0.05, 0.1) is 6.61 Å². The zero-order valence-electron chi connectivity index (χ0n) is 11.7.